The first kappa shape index (κ1) is 13.3. The lowest BCUT2D eigenvalue weighted by Crippen LogP contribution is -2.23. The van der Waals surface area contributed by atoms with Crippen molar-refractivity contribution in [1.82, 2.24) is 9.97 Å². The number of aromatic nitrogens is 2. The lowest BCUT2D eigenvalue weighted by atomic mass is 10.2. The van der Waals surface area contributed by atoms with Crippen LogP contribution in [-0.2, 0) is 0 Å². The van der Waals surface area contributed by atoms with Crippen molar-refractivity contribution >= 4 is 28.8 Å². The van der Waals surface area contributed by atoms with Crippen LogP contribution in [0.1, 0.15) is 13.3 Å². The predicted octanol–water partition coefficient (Wildman–Crippen LogP) is 3.04. The van der Waals surface area contributed by atoms with Crippen molar-refractivity contribution in [2.24, 2.45) is 0 Å². The molecule has 4 nitrogen and oxygen atoms in total. The monoisotopic (exact) mass is 283 g/mol. The fourth-order valence-corrected chi connectivity index (χ4v) is 2.42. The molecular formula is C12H14ClN3OS. The lowest BCUT2D eigenvalue weighted by Gasteiger charge is -2.16. The Morgan fingerprint density at radius 3 is 3.00 bits per heavy atom. The minimum Gasteiger partial charge on any atom is -0.394 e. The molecule has 0 bridgehead atoms. The molecule has 0 aliphatic carbocycles. The molecule has 2 rings (SSSR count). The molecule has 0 saturated carbocycles. The van der Waals surface area contributed by atoms with Crippen molar-refractivity contribution in [2.45, 2.75) is 19.4 Å². The molecule has 0 fully saturated rings. The first-order valence-corrected chi connectivity index (χ1v) is 6.94. The van der Waals surface area contributed by atoms with Gasteiger partial charge in [-0.2, -0.15) is 0 Å². The first-order chi connectivity index (χ1) is 8.74. The van der Waals surface area contributed by atoms with Gasteiger partial charge in [-0.25, -0.2) is 9.97 Å². The van der Waals surface area contributed by atoms with E-state index in [-0.39, 0.29) is 17.9 Å². The second-order valence-corrected chi connectivity index (χ2v) is 5.10. The molecule has 2 heterocycles. The number of halogens is 1. The summed E-state index contributed by atoms with van der Waals surface area (Å²) in [4.78, 5) is 9.29. The van der Waals surface area contributed by atoms with Crippen LogP contribution in [0.25, 0.3) is 10.4 Å². The van der Waals surface area contributed by atoms with Gasteiger partial charge in [0.2, 0.25) is 5.28 Å². The van der Waals surface area contributed by atoms with Gasteiger partial charge in [-0.15, -0.1) is 11.3 Å². The quantitative estimate of drug-likeness (QED) is 0.828. The van der Waals surface area contributed by atoms with Gasteiger partial charge in [0.05, 0.1) is 18.2 Å². The summed E-state index contributed by atoms with van der Waals surface area (Å²) in [6.45, 7) is 2.06. The normalized spacial score (nSPS) is 12.4. The molecule has 6 heteroatoms. The Kier molecular flexibility index (Phi) is 4.52. The summed E-state index contributed by atoms with van der Waals surface area (Å²) < 4.78 is 0. The summed E-state index contributed by atoms with van der Waals surface area (Å²) in [5.41, 5.74) is 0.904. The number of hydrogen-bond acceptors (Lipinski definition) is 5. The molecule has 0 aliphatic rings. The molecule has 0 radical (unpaired) electrons. The number of thiophene rings is 1. The van der Waals surface area contributed by atoms with Crippen LogP contribution in [0, 0.1) is 0 Å². The Balaban J connectivity index is 2.35. The summed E-state index contributed by atoms with van der Waals surface area (Å²) in [5.74, 6) is 0.665. The second kappa shape index (κ2) is 6.13. The van der Waals surface area contributed by atoms with Crippen molar-refractivity contribution in [3.8, 4) is 10.4 Å². The van der Waals surface area contributed by atoms with Crippen LogP contribution in [0.4, 0.5) is 5.82 Å². The zero-order valence-electron chi connectivity index (χ0n) is 9.93. The topological polar surface area (TPSA) is 58.0 Å². The molecule has 0 aromatic carbocycles. The summed E-state index contributed by atoms with van der Waals surface area (Å²) >= 11 is 7.44. The van der Waals surface area contributed by atoms with Gasteiger partial charge in [-0.05, 0) is 29.5 Å². The van der Waals surface area contributed by atoms with Crippen molar-refractivity contribution in [3.05, 3.63) is 29.0 Å². The van der Waals surface area contributed by atoms with Gasteiger partial charge in [-0.1, -0.05) is 13.0 Å². The van der Waals surface area contributed by atoms with Crippen LogP contribution in [0.3, 0.4) is 0 Å². The largest absolute Gasteiger partial charge is 0.394 e. The third kappa shape index (κ3) is 2.98. The van der Waals surface area contributed by atoms with Crippen LogP contribution < -0.4 is 5.32 Å². The highest BCUT2D eigenvalue weighted by Crippen LogP contribution is 2.30. The van der Waals surface area contributed by atoms with Gasteiger partial charge in [0, 0.05) is 11.1 Å². The minimum atomic E-state index is -0.0327. The Labute approximate surface area is 115 Å². The van der Waals surface area contributed by atoms with E-state index < -0.39 is 0 Å². The maximum Gasteiger partial charge on any atom is 0.224 e. The molecule has 0 unspecified atom stereocenters. The highest BCUT2D eigenvalue weighted by Gasteiger charge is 2.13. The van der Waals surface area contributed by atoms with Gasteiger partial charge >= 0.3 is 0 Å². The van der Waals surface area contributed by atoms with E-state index in [1.165, 1.54) is 0 Å². The molecule has 0 aliphatic heterocycles. The number of nitrogens with zero attached hydrogens (tertiary/aromatic N) is 2. The zero-order valence-corrected chi connectivity index (χ0v) is 11.5. The molecule has 96 valence electrons. The van der Waals surface area contributed by atoms with Crippen LogP contribution in [0.2, 0.25) is 5.28 Å². The SMILES string of the molecule is CC[C@H](CO)Nc1nc(Cl)ncc1-c1cccs1. The number of aliphatic hydroxyl groups is 1. The molecule has 0 saturated heterocycles. The van der Waals surface area contributed by atoms with Crippen molar-refractivity contribution in [1.29, 1.82) is 0 Å². The third-order valence-corrected chi connectivity index (χ3v) is 3.69. The highest BCUT2D eigenvalue weighted by molar-refractivity contribution is 7.13. The molecule has 1 atom stereocenters. The van der Waals surface area contributed by atoms with Crippen molar-refractivity contribution < 1.29 is 5.11 Å². The average Bonchev–Trinajstić information content (AvgIpc) is 2.89. The van der Waals surface area contributed by atoms with Crippen LogP contribution >= 0.6 is 22.9 Å². The van der Waals surface area contributed by atoms with E-state index in [0.29, 0.717) is 5.82 Å². The maximum absolute atomic E-state index is 9.24. The van der Waals surface area contributed by atoms with E-state index in [4.69, 9.17) is 11.6 Å². The molecule has 0 spiro atoms. The number of aliphatic hydroxyl groups excluding tert-OH is 1. The first-order valence-electron chi connectivity index (χ1n) is 5.68. The molecule has 0 amide bonds. The summed E-state index contributed by atoms with van der Waals surface area (Å²) in [6.07, 6.45) is 2.51. The Hall–Kier alpha value is -1.17. The van der Waals surface area contributed by atoms with E-state index in [2.05, 4.69) is 15.3 Å². The van der Waals surface area contributed by atoms with E-state index in [0.717, 1.165) is 16.9 Å². The van der Waals surface area contributed by atoms with Gasteiger partial charge in [0.1, 0.15) is 5.82 Å². The average molecular weight is 284 g/mol. The van der Waals surface area contributed by atoms with E-state index >= 15 is 0 Å². The van der Waals surface area contributed by atoms with Crippen molar-refractivity contribution in [3.63, 3.8) is 0 Å². The summed E-state index contributed by atoms with van der Waals surface area (Å²) in [5, 5.41) is 14.6. The molecule has 2 aromatic rings. The molecule has 18 heavy (non-hydrogen) atoms. The Morgan fingerprint density at radius 2 is 2.39 bits per heavy atom. The van der Waals surface area contributed by atoms with Gasteiger partial charge in [0.15, 0.2) is 0 Å². The summed E-state index contributed by atoms with van der Waals surface area (Å²) in [6, 6.07) is 3.94. The van der Waals surface area contributed by atoms with E-state index in [1.54, 1.807) is 17.5 Å². The smallest absolute Gasteiger partial charge is 0.224 e. The highest BCUT2D eigenvalue weighted by atomic mass is 35.5. The number of anilines is 1. The van der Waals surface area contributed by atoms with Crippen molar-refractivity contribution in [2.75, 3.05) is 11.9 Å². The Morgan fingerprint density at radius 1 is 1.56 bits per heavy atom. The molecule has 2 aromatic heterocycles. The van der Waals surface area contributed by atoms with Gasteiger partial charge in [-0.3, -0.25) is 0 Å². The fraction of sp³-hybridized carbons (Fsp3) is 0.333. The standard InChI is InChI=1S/C12H14ClN3OS/c1-2-8(7-17)15-11-9(6-14-12(13)16-11)10-4-3-5-18-10/h3-6,8,17H,2,7H2,1H3,(H,14,15,16)/t8-/m1/s1. The fourth-order valence-electron chi connectivity index (χ4n) is 1.55. The van der Waals surface area contributed by atoms with Gasteiger partial charge < -0.3 is 10.4 Å². The maximum atomic E-state index is 9.24. The second-order valence-electron chi connectivity index (χ2n) is 3.81. The summed E-state index contributed by atoms with van der Waals surface area (Å²) in [7, 11) is 0. The number of nitrogens with one attached hydrogen (secondary N) is 1. The minimum absolute atomic E-state index is 0.0327. The third-order valence-electron chi connectivity index (χ3n) is 2.60. The molecular weight excluding hydrogens is 270 g/mol. The number of rotatable bonds is 5. The zero-order chi connectivity index (χ0) is 13.0. The molecule has 2 N–H and O–H groups in total. The lowest BCUT2D eigenvalue weighted by molar-refractivity contribution is 0.271. The predicted molar refractivity (Wildman–Crippen MR) is 75.1 cm³/mol. The van der Waals surface area contributed by atoms with E-state index in [1.807, 2.05) is 24.4 Å². The van der Waals surface area contributed by atoms with Crippen LogP contribution in [-0.4, -0.2) is 27.7 Å². The van der Waals surface area contributed by atoms with Gasteiger partial charge in [0.25, 0.3) is 0 Å². The number of hydrogen-bond donors (Lipinski definition) is 2. The van der Waals surface area contributed by atoms with Crippen LogP contribution in [0.15, 0.2) is 23.7 Å². The Bertz CT molecular complexity index is 500. The van der Waals surface area contributed by atoms with Crippen LogP contribution in [0.5, 0.6) is 0 Å². The van der Waals surface area contributed by atoms with E-state index in [9.17, 15) is 5.11 Å².